The van der Waals surface area contributed by atoms with Crippen LogP contribution in [0.4, 0.5) is 0 Å². The first kappa shape index (κ1) is 37.9. The van der Waals surface area contributed by atoms with E-state index in [2.05, 4.69) is 178 Å². The number of H-pyrrole nitrogens is 1. The molecule has 288 valence electrons. The van der Waals surface area contributed by atoms with E-state index in [1.807, 2.05) is 12.3 Å². The van der Waals surface area contributed by atoms with Crippen molar-refractivity contribution >= 4 is 21.8 Å². The molecule has 57 heavy (non-hydrogen) atoms. The topological polar surface area (TPSA) is 68.6 Å². The molecule has 0 radical (unpaired) electrons. The fourth-order valence-corrected chi connectivity index (χ4v) is 8.59. The highest BCUT2D eigenvalue weighted by molar-refractivity contribution is 6.09. The molecule has 0 bridgehead atoms. The van der Waals surface area contributed by atoms with Gasteiger partial charge < -0.3 is 4.74 Å². The molecule has 0 aliphatic heterocycles. The Morgan fingerprint density at radius 3 is 1.84 bits per heavy atom. The molecule has 0 unspecified atom stereocenters. The van der Waals surface area contributed by atoms with E-state index in [0.717, 1.165) is 56.0 Å². The highest BCUT2D eigenvalue weighted by atomic mass is 16.5. The van der Waals surface area contributed by atoms with Gasteiger partial charge in [-0.15, -0.1) is 0 Å². The number of hydrogen-bond acceptors (Lipinski definition) is 4. The molecule has 0 aliphatic rings. The Labute approximate surface area is 337 Å². The maximum atomic E-state index is 6.82. The van der Waals surface area contributed by atoms with Crippen LogP contribution >= 0.6 is 0 Å². The number of nitrogens with one attached hydrogen (secondary N) is 1. The minimum Gasteiger partial charge on any atom is -0.439 e. The normalized spacial score (nSPS) is 12.2. The monoisotopic (exact) mass is 751 g/mol. The van der Waals surface area contributed by atoms with Gasteiger partial charge in [-0.3, -0.25) is 9.67 Å². The summed E-state index contributed by atoms with van der Waals surface area (Å²) in [5, 5.41) is 10.9. The fourth-order valence-electron chi connectivity index (χ4n) is 8.59. The second-order valence-corrected chi connectivity index (χ2v) is 18.0. The molecular weight excluding hydrogens is 699 g/mol. The van der Waals surface area contributed by atoms with Gasteiger partial charge in [0.15, 0.2) is 0 Å². The van der Waals surface area contributed by atoms with E-state index in [9.17, 15) is 0 Å². The van der Waals surface area contributed by atoms with Crippen molar-refractivity contribution in [2.24, 2.45) is 0 Å². The number of nitrogens with zero attached hydrogens (tertiary/aromatic N) is 4. The van der Waals surface area contributed by atoms with E-state index in [1.165, 1.54) is 49.9 Å². The molecule has 4 aromatic heterocycles. The Balaban J connectivity index is 1.32. The molecule has 1 N–H and O–H groups in total. The van der Waals surface area contributed by atoms with E-state index in [0.29, 0.717) is 11.6 Å². The van der Waals surface area contributed by atoms with Crippen molar-refractivity contribution in [2.45, 2.75) is 93.9 Å². The van der Waals surface area contributed by atoms with E-state index >= 15 is 0 Å². The Morgan fingerprint density at radius 1 is 0.579 bits per heavy atom. The minimum atomic E-state index is -0.182. The minimum absolute atomic E-state index is 0.0178. The van der Waals surface area contributed by atoms with Gasteiger partial charge in [0.1, 0.15) is 17.3 Å². The molecule has 0 fully saturated rings. The average Bonchev–Trinajstić information content (AvgIpc) is 3.69. The summed E-state index contributed by atoms with van der Waals surface area (Å²) in [6.45, 7) is 26.4. The van der Waals surface area contributed by atoms with E-state index in [-0.39, 0.29) is 10.8 Å². The zero-order chi connectivity index (χ0) is 40.6. The molecule has 0 saturated carbocycles. The molecular formula is C51H53N5O. The van der Waals surface area contributed by atoms with Crippen molar-refractivity contribution in [3.8, 4) is 51.2 Å². The zero-order valence-electron chi connectivity index (χ0n) is 35.4. The average molecular weight is 752 g/mol. The third kappa shape index (κ3) is 6.92. The van der Waals surface area contributed by atoms with Crippen LogP contribution in [0.3, 0.4) is 0 Å². The molecule has 0 atom stereocenters. The number of ether oxygens (including phenoxy) is 1. The Bertz CT molecular complexity index is 2810. The number of aromatic amines is 1. The summed E-state index contributed by atoms with van der Waals surface area (Å²) in [6, 6.07) is 32.4. The van der Waals surface area contributed by atoms with Gasteiger partial charge in [-0.1, -0.05) is 95.1 Å². The summed E-state index contributed by atoms with van der Waals surface area (Å²) >= 11 is 0. The predicted molar refractivity (Wildman–Crippen MR) is 237 cm³/mol. The van der Waals surface area contributed by atoms with E-state index in [1.54, 1.807) is 0 Å². The Hall–Kier alpha value is -6.01. The zero-order valence-corrected chi connectivity index (χ0v) is 35.4. The number of aromatic nitrogens is 5. The van der Waals surface area contributed by atoms with Crippen LogP contribution in [-0.4, -0.2) is 24.7 Å². The van der Waals surface area contributed by atoms with Crippen LogP contribution in [0.5, 0.6) is 11.6 Å². The molecule has 4 aromatic carbocycles. The van der Waals surface area contributed by atoms with Gasteiger partial charge in [0.05, 0.1) is 22.4 Å². The standard InChI is InChI=1S/C51H53N5O/c1-29-21-31(3)45(32(4)22-29)47-48(54-55-49(47)46-33(5)23-30(2)24-34(46)6)40-25-36(51(10,11)12)27-44(53-40)57-37-17-18-39-38-15-13-14-16-41(38)56(42(39)28-37)43-26-35(19-20-52-43)50(7,8)9/h13-28H,1-12H3,(H,54,55). The molecule has 6 heteroatoms. The molecule has 0 amide bonds. The Kier molecular flexibility index (Phi) is 9.22. The van der Waals surface area contributed by atoms with Crippen LogP contribution in [0.15, 0.2) is 97.2 Å². The molecule has 4 heterocycles. The molecule has 8 rings (SSSR count). The lowest BCUT2D eigenvalue weighted by atomic mass is 9.85. The van der Waals surface area contributed by atoms with Crippen LogP contribution in [0.2, 0.25) is 0 Å². The van der Waals surface area contributed by atoms with Gasteiger partial charge in [-0.2, -0.15) is 5.10 Å². The lowest BCUT2D eigenvalue weighted by molar-refractivity contribution is 0.460. The second kappa shape index (κ2) is 13.9. The van der Waals surface area contributed by atoms with Gasteiger partial charge in [0.25, 0.3) is 0 Å². The number of fused-ring (bicyclic) bond motifs is 3. The highest BCUT2D eigenvalue weighted by Gasteiger charge is 2.27. The summed E-state index contributed by atoms with van der Waals surface area (Å²) in [5.74, 6) is 2.10. The van der Waals surface area contributed by atoms with Gasteiger partial charge in [0, 0.05) is 40.2 Å². The van der Waals surface area contributed by atoms with Crippen LogP contribution < -0.4 is 4.74 Å². The molecule has 0 saturated heterocycles. The van der Waals surface area contributed by atoms with Gasteiger partial charge in [-0.25, -0.2) is 9.97 Å². The summed E-state index contributed by atoms with van der Waals surface area (Å²) in [6.07, 6.45) is 1.91. The van der Waals surface area contributed by atoms with E-state index in [4.69, 9.17) is 19.8 Å². The molecule has 6 nitrogen and oxygen atoms in total. The number of hydrogen-bond donors (Lipinski definition) is 1. The molecule has 8 aromatic rings. The fraction of sp³-hybridized carbons (Fsp3) is 0.275. The first-order valence-electron chi connectivity index (χ1n) is 19.9. The third-order valence-electron chi connectivity index (χ3n) is 11.2. The van der Waals surface area contributed by atoms with Crippen LogP contribution in [-0.2, 0) is 10.8 Å². The molecule has 0 spiro atoms. The molecule has 0 aliphatic carbocycles. The number of pyridine rings is 2. The van der Waals surface area contributed by atoms with Crippen molar-refractivity contribution in [3.05, 3.63) is 142 Å². The largest absolute Gasteiger partial charge is 0.439 e. The summed E-state index contributed by atoms with van der Waals surface area (Å²) < 4.78 is 9.07. The maximum absolute atomic E-state index is 6.82. The number of para-hydroxylation sites is 1. The lowest BCUT2D eigenvalue weighted by Gasteiger charge is -2.21. The highest BCUT2D eigenvalue weighted by Crippen LogP contribution is 2.45. The van der Waals surface area contributed by atoms with Crippen LogP contribution in [0.25, 0.3) is 61.4 Å². The summed E-state index contributed by atoms with van der Waals surface area (Å²) in [7, 11) is 0. The Morgan fingerprint density at radius 2 is 1.19 bits per heavy atom. The number of aryl methyl sites for hydroxylation is 6. The lowest BCUT2D eigenvalue weighted by Crippen LogP contribution is -2.12. The van der Waals surface area contributed by atoms with Gasteiger partial charge >= 0.3 is 0 Å². The number of benzene rings is 4. The van der Waals surface area contributed by atoms with Gasteiger partial charge in [0.2, 0.25) is 5.88 Å². The van der Waals surface area contributed by atoms with Crippen LogP contribution in [0.1, 0.15) is 86.1 Å². The van der Waals surface area contributed by atoms with Crippen LogP contribution in [0, 0.1) is 41.5 Å². The van der Waals surface area contributed by atoms with E-state index < -0.39 is 0 Å². The first-order chi connectivity index (χ1) is 27.0. The second-order valence-electron chi connectivity index (χ2n) is 18.0. The number of rotatable bonds is 6. The van der Waals surface area contributed by atoms with Gasteiger partial charge in [-0.05, 0) is 128 Å². The predicted octanol–water partition coefficient (Wildman–Crippen LogP) is 13.5. The first-order valence-corrected chi connectivity index (χ1v) is 19.9. The maximum Gasteiger partial charge on any atom is 0.220 e. The third-order valence-corrected chi connectivity index (χ3v) is 11.2. The van der Waals surface area contributed by atoms with Crippen molar-refractivity contribution in [3.63, 3.8) is 0 Å². The van der Waals surface area contributed by atoms with Crippen molar-refractivity contribution in [2.75, 3.05) is 0 Å². The quantitative estimate of drug-likeness (QED) is 0.184. The smallest absolute Gasteiger partial charge is 0.220 e. The van der Waals surface area contributed by atoms with Crippen molar-refractivity contribution < 1.29 is 4.74 Å². The van der Waals surface area contributed by atoms with Crippen molar-refractivity contribution in [1.82, 2.24) is 24.7 Å². The SMILES string of the molecule is Cc1cc(C)c(-c2n[nH]c(-c3cc(C(C)(C)C)cc(Oc4ccc5c6ccccc6n(-c6cc(C(C)(C)C)ccn6)c5c4)n3)c2-c2c(C)cc(C)cc2C)c(C)c1. The summed E-state index contributed by atoms with van der Waals surface area (Å²) in [5.41, 5.74) is 17.5. The van der Waals surface area contributed by atoms with Crippen molar-refractivity contribution in [1.29, 1.82) is 0 Å². The summed E-state index contributed by atoms with van der Waals surface area (Å²) in [4.78, 5) is 10.2.